The highest BCUT2D eigenvalue weighted by atomic mass is 16.3. The third-order valence-electron chi connectivity index (χ3n) is 7.90. The van der Waals surface area contributed by atoms with E-state index >= 15 is 0 Å². The summed E-state index contributed by atoms with van der Waals surface area (Å²) in [6, 6.07) is -0.844. The van der Waals surface area contributed by atoms with Crippen molar-refractivity contribution in [3.8, 4) is 0 Å². The number of carbonyl (C=O) groups excluding carboxylic acids is 1. The monoisotopic (exact) mass is 604 g/mol. The maximum absolute atomic E-state index is 12.3. The molecule has 3 atom stereocenters. The smallest absolute Gasteiger partial charge is 0.249 e. The van der Waals surface area contributed by atoms with Crippen LogP contribution in [0.4, 0.5) is 0 Å². The standard InChI is InChI=1S/C38H69NO4/c1-3-5-7-9-11-13-15-17-18-19-20-21-23-24-26-28-30-32-36(41)35(34-40)39-38(43)37(42)33-31-29-27-25-22-16-14-12-10-8-6-4-2/h22-25,29-32,35-37,40-42H,3-21,26-28,33-34H2,1-2H3,(H,39,43)/b24-23+,25-22-,31-29-,32-30+. The molecular formula is C38H69NO4. The summed E-state index contributed by atoms with van der Waals surface area (Å²) in [5.74, 6) is -0.583. The van der Waals surface area contributed by atoms with Gasteiger partial charge >= 0.3 is 0 Å². The predicted molar refractivity (Wildman–Crippen MR) is 185 cm³/mol. The molecule has 250 valence electrons. The third kappa shape index (κ3) is 28.8. The van der Waals surface area contributed by atoms with E-state index in [0.29, 0.717) is 0 Å². The lowest BCUT2D eigenvalue weighted by Gasteiger charge is -2.21. The number of amides is 1. The zero-order valence-corrected chi connectivity index (χ0v) is 28.1. The Kier molecular flexibility index (Phi) is 31.9. The predicted octanol–water partition coefficient (Wildman–Crippen LogP) is 9.42. The molecule has 0 saturated heterocycles. The van der Waals surface area contributed by atoms with Gasteiger partial charge in [0.1, 0.15) is 6.10 Å². The second-order valence-electron chi connectivity index (χ2n) is 12.1. The SMILES string of the molecule is CCCCCCCC/C=C\C/C=C\CC(O)C(=O)NC(CO)C(O)/C=C/CC/C=C/CCCCCCCCCCCCC. The summed E-state index contributed by atoms with van der Waals surface area (Å²) < 4.78 is 0. The van der Waals surface area contributed by atoms with Crippen LogP contribution in [0.1, 0.15) is 162 Å². The van der Waals surface area contributed by atoms with Gasteiger partial charge in [-0.3, -0.25) is 4.79 Å². The van der Waals surface area contributed by atoms with Gasteiger partial charge in [-0.2, -0.15) is 0 Å². The van der Waals surface area contributed by atoms with Gasteiger partial charge in [-0.1, -0.05) is 159 Å². The average Bonchev–Trinajstić information content (AvgIpc) is 3.01. The number of nitrogens with one attached hydrogen (secondary N) is 1. The normalized spacial score (nSPS) is 14.4. The van der Waals surface area contributed by atoms with Gasteiger partial charge in [-0.05, 0) is 44.9 Å². The van der Waals surface area contributed by atoms with Crippen LogP contribution in [-0.2, 0) is 4.79 Å². The summed E-state index contributed by atoms with van der Waals surface area (Å²) in [4.78, 5) is 12.3. The molecule has 0 bridgehead atoms. The summed E-state index contributed by atoms with van der Waals surface area (Å²) in [7, 11) is 0. The van der Waals surface area contributed by atoms with Crippen LogP contribution in [0.25, 0.3) is 0 Å². The van der Waals surface area contributed by atoms with Crippen molar-refractivity contribution < 1.29 is 20.1 Å². The van der Waals surface area contributed by atoms with Crippen LogP contribution in [0.15, 0.2) is 48.6 Å². The molecule has 0 saturated carbocycles. The zero-order chi connectivity index (χ0) is 31.6. The van der Waals surface area contributed by atoms with Crippen LogP contribution in [0, 0.1) is 0 Å². The summed E-state index contributed by atoms with van der Waals surface area (Å²) >= 11 is 0. The van der Waals surface area contributed by atoms with Crippen LogP contribution in [0.2, 0.25) is 0 Å². The van der Waals surface area contributed by atoms with Crippen LogP contribution in [-0.4, -0.2) is 46.1 Å². The van der Waals surface area contributed by atoms with E-state index in [1.165, 1.54) is 109 Å². The van der Waals surface area contributed by atoms with Gasteiger partial charge in [0.15, 0.2) is 0 Å². The van der Waals surface area contributed by atoms with E-state index in [9.17, 15) is 20.1 Å². The lowest BCUT2D eigenvalue weighted by Crippen LogP contribution is -2.48. The molecule has 0 aliphatic carbocycles. The van der Waals surface area contributed by atoms with E-state index in [-0.39, 0.29) is 6.42 Å². The Labute approximate surface area is 266 Å². The summed E-state index contributed by atoms with van der Waals surface area (Å²) in [6.45, 7) is 4.10. The number of rotatable bonds is 31. The number of allylic oxidation sites excluding steroid dienone is 6. The van der Waals surface area contributed by atoms with Crippen molar-refractivity contribution in [1.82, 2.24) is 5.32 Å². The molecular weight excluding hydrogens is 534 g/mol. The van der Waals surface area contributed by atoms with Gasteiger partial charge in [0.05, 0.1) is 18.8 Å². The third-order valence-corrected chi connectivity index (χ3v) is 7.90. The van der Waals surface area contributed by atoms with Crippen molar-refractivity contribution in [3.05, 3.63) is 48.6 Å². The molecule has 5 heteroatoms. The quantitative estimate of drug-likeness (QED) is 0.0469. The van der Waals surface area contributed by atoms with E-state index in [1.807, 2.05) is 12.2 Å². The second-order valence-corrected chi connectivity index (χ2v) is 12.1. The Morgan fingerprint density at radius 2 is 1.02 bits per heavy atom. The molecule has 0 aliphatic heterocycles. The van der Waals surface area contributed by atoms with E-state index in [0.717, 1.165) is 32.1 Å². The van der Waals surface area contributed by atoms with Crippen LogP contribution >= 0.6 is 0 Å². The molecule has 0 radical (unpaired) electrons. The molecule has 0 spiro atoms. The molecule has 0 heterocycles. The fraction of sp³-hybridized carbons (Fsp3) is 0.763. The Morgan fingerprint density at radius 1 is 0.581 bits per heavy atom. The van der Waals surface area contributed by atoms with Gasteiger partial charge in [-0.15, -0.1) is 0 Å². The number of carbonyl (C=O) groups is 1. The second kappa shape index (κ2) is 33.2. The molecule has 0 aromatic carbocycles. The number of aliphatic hydroxyl groups is 3. The largest absolute Gasteiger partial charge is 0.394 e. The van der Waals surface area contributed by atoms with Crippen molar-refractivity contribution in [2.45, 2.75) is 180 Å². The van der Waals surface area contributed by atoms with E-state index in [4.69, 9.17) is 0 Å². The summed E-state index contributed by atoms with van der Waals surface area (Å²) in [5, 5.41) is 32.7. The fourth-order valence-corrected chi connectivity index (χ4v) is 5.01. The van der Waals surface area contributed by atoms with Crippen molar-refractivity contribution in [1.29, 1.82) is 0 Å². The lowest BCUT2D eigenvalue weighted by atomic mass is 10.1. The molecule has 4 N–H and O–H groups in total. The molecule has 1 amide bonds. The van der Waals surface area contributed by atoms with Gasteiger partial charge in [-0.25, -0.2) is 0 Å². The van der Waals surface area contributed by atoms with Crippen LogP contribution in [0.5, 0.6) is 0 Å². The van der Waals surface area contributed by atoms with Crippen molar-refractivity contribution >= 4 is 5.91 Å². The lowest BCUT2D eigenvalue weighted by molar-refractivity contribution is -0.131. The minimum absolute atomic E-state index is 0.201. The molecule has 0 rings (SSSR count). The average molecular weight is 604 g/mol. The van der Waals surface area contributed by atoms with Gasteiger partial charge < -0.3 is 20.6 Å². The first-order valence-electron chi connectivity index (χ1n) is 18.0. The molecule has 0 aromatic rings. The zero-order valence-electron chi connectivity index (χ0n) is 28.1. The minimum Gasteiger partial charge on any atom is -0.394 e. The number of aliphatic hydroxyl groups excluding tert-OH is 3. The highest BCUT2D eigenvalue weighted by Gasteiger charge is 2.22. The van der Waals surface area contributed by atoms with Gasteiger partial charge in [0.2, 0.25) is 5.91 Å². The first kappa shape index (κ1) is 41.3. The highest BCUT2D eigenvalue weighted by molar-refractivity contribution is 5.81. The number of hydrogen-bond acceptors (Lipinski definition) is 4. The Morgan fingerprint density at radius 3 is 1.56 bits per heavy atom. The first-order chi connectivity index (χ1) is 21.1. The summed E-state index contributed by atoms with van der Waals surface area (Å²) in [5.41, 5.74) is 0. The van der Waals surface area contributed by atoms with Crippen LogP contribution < -0.4 is 5.32 Å². The molecule has 43 heavy (non-hydrogen) atoms. The van der Waals surface area contributed by atoms with Crippen molar-refractivity contribution in [3.63, 3.8) is 0 Å². The Balaban J connectivity index is 3.90. The summed E-state index contributed by atoms with van der Waals surface area (Å²) in [6.07, 6.45) is 41.4. The minimum atomic E-state index is -1.21. The molecule has 0 fully saturated rings. The van der Waals surface area contributed by atoms with E-state index < -0.39 is 30.8 Å². The molecule has 0 aromatic heterocycles. The van der Waals surface area contributed by atoms with Crippen molar-refractivity contribution in [2.75, 3.05) is 6.61 Å². The Bertz CT molecular complexity index is 715. The fourth-order valence-electron chi connectivity index (χ4n) is 5.01. The number of unbranched alkanes of at least 4 members (excludes halogenated alkanes) is 18. The van der Waals surface area contributed by atoms with Gasteiger partial charge in [0, 0.05) is 6.42 Å². The molecule has 3 unspecified atom stereocenters. The highest BCUT2D eigenvalue weighted by Crippen LogP contribution is 2.12. The van der Waals surface area contributed by atoms with Crippen molar-refractivity contribution in [2.24, 2.45) is 0 Å². The van der Waals surface area contributed by atoms with Crippen LogP contribution in [0.3, 0.4) is 0 Å². The van der Waals surface area contributed by atoms with E-state index in [1.54, 1.807) is 12.2 Å². The van der Waals surface area contributed by atoms with Gasteiger partial charge in [0.25, 0.3) is 0 Å². The van der Waals surface area contributed by atoms with E-state index in [2.05, 4.69) is 43.5 Å². The number of hydrogen-bond donors (Lipinski definition) is 4. The topological polar surface area (TPSA) is 89.8 Å². The maximum atomic E-state index is 12.3. The molecule has 0 aliphatic rings. The maximum Gasteiger partial charge on any atom is 0.249 e. The Hall–Kier alpha value is -1.69. The first-order valence-corrected chi connectivity index (χ1v) is 18.0. The molecule has 5 nitrogen and oxygen atoms in total.